The molecule has 9 atom stereocenters. The quantitative estimate of drug-likeness (QED) is 0.499. The van der Waals surface area contributed by atoms with Gasteiger partial charge in [0.1, 0.15) is 35.6 Å². The molecule has 0 aromatic rings. The normalized spacial score (nSPS) is 66.3. The van der Waals surface area contributed by atoms with E-state index >= 15 is 0 Å². The third kappa shape index (κ3) is 0.994. The number of ether oxygens (including phenoxy) is 3. The summed E-state index contributed by atoms with van der Waals surface area (Å²) < 4.78 is 16.8. The van der Waals surface area contributed by atoms with Crippen LogP contribution in [0.15, 0.2) is 0 Å². The van der Waals surface area contributed by atoms with Crippen molar-refractivity contribution in [2.75, 3.05) is 6.61 Å². The lowest BCUT2D eigenvalue weighted by Gasteiger charge is -2.54. The Hall–Kier alpha value is -0.690. The molecule has 0 radical (unpaired) electrons. The lowest BCUT2D eigenvalue weighted by Crippen LogP contribution is -2.71. The third-order valence-electron chi connectivity index (χ3n) is 6.97. The topological polar surface area (TPSA) is 91.8 Å². The third-order valence-corrected chi connectivity index (χ3v) is 6.97. The van der Waals surface area contributed by atoms with Gasteiger partial charge in [-0.2, -0.15) is 0 Å². The molecule has 5 aliphatic rings. The Labute approximate surface area is 122 Å². The number of rotatable bonds is 1. The maximum absolute atomic E-state index is 12.4. The summed E-state index contributed by atoms with van der Waals surface area (Å²) in [6, 6.07) is 0. The predicted molar refractivity (Wildman–Crippen MR) is 68.1 cm³/mol. The maximum Gasteiger partial charge on any atom is 0.312 e. The van der Waals surface area contributed by atoms with E-state index in [0.29, 0.717) is 6.61 Å². The van der Waals surface area contributed by atoms with E-state index in [1.165, 1.54) is 0 Å². The zero-order valence-electron chi connectivity index (χ0n) is 12.3. The van der Waals surface area contributed by atoms with Gasteiger partial charge in [-0.25, -0.2) is 0 Å². The summed E-state index contributed by atoms with van der Waals surface area (Å²) in [7, 11) is 0. The summed E-state index contributed by atoms with van der Waals surface area (Å²) in [5.41, 5.74) is -2.98. The van der Waals surface area contributed by atoms with E-state index in [0.717, 1.165) is 0 Å². The number of epoxide rings is 2. The number of hydrogen-bond donors (Lipinski definition) is 2. The minimum atomic E-state index is -1.41. The molecule has 5 rings (SSSR count). The molecule has 3 heterocycles. The summed E-state index contributed by atoms with van der Waals surface area (Å²) in [5, 5.41) is 22.5. The molecule has 116 valence electrons. The fraction of sp³-hybridized carbons (Fsp3) is 0.933. The molecule has 0 aromatic carbocycles. The van der Waals surface area contributed by atoms with Gasteiger partial charge in [-0.15, -0.1) is 0 Å². The zero-order valence-corrected chi connectivity index (χ0v) is 12.3. The number of aliphatic hydroxyl groups is 2. The summed E-state index contributed by atoms with van der Waals surface area (Å²) in [6.07, 6.45) is -2.14. The highest BCUT2D eigenvalue weighted by atomic mass is 16.7. The van der Waals surface area contributed by atoms with Crippen LogP contribution in [0.3, 0.4) is 0 Å². The molecule has 21 heavy (non-hydrogen) atoms. The van der Waals surface area contributed by atoms with Gasteiger partial charge in [0, 0.05) is 5.92 Å². The first-order chi connectivity index (χ1) is 9.80. The highest BCUT2D eigenvalue weighted by molar-refractivity contribution is 5.79. The molecule has 5 fully saturated rings. The fourth-order valence-electron chi connectivity index (χ4n) is 5.73. The SMILES string of the molecule is CC(C)[C@H]1[C@H]2OC(=O)[C@@H]1[C@]1(O)[C@H]3O[C@H]3[C@]3(CO3)[C@]1(C)[C@@H]2O. The first-order valence-electron chi connectivity index (χ1n) is 7.71. The average Bonchev–Trinajstić information content (AvgIpc) is 3.27. The van der Waals surface area contributed by atoms with Crippen molar-refractivity contribution in [3.63, 3.8) is 0 Å². The summed E-state index contributed by atoms with van der Waals surface area (Å²) in [6.45, 7) is 6.28. The Bertz CT molecular complexity index is 556. The number of fused-ring (bicyclic) bond motifs is 8. The summed E-state index contributed by atoms with van der Waals surface area (Å²) in [4.78, 5) is 12.4. The predicted octanol–water partition coefficient (Wildman–Crippen LogP) is -0.538. The first kappa shape index (κ1) is 12.8. The van der Waals surface area contributed by atoms with Gasteiger partial charge in [0.15, 0.2) is 0 Å². The second kappa shape index (κ2) is 3.15. The average molecular weight is 296 g/mol. The largest absolute Gasteiger partial charge is 0.459 e. The number of carbonyl (C=O) groups excluding carboxylic acids is 1. The van der Waals surface area contributed by atoms with Gasteiger partial charge >= 0.3 is 5.97 Å². The summed E-state index contributed by atoms with van der Waals surface area (Å²) >= 11 is 0. The molecule has 0 unspecified atom stereocenters. The van der Waals surface area contributed by atoms with E-state index in [-0.39, 0.29) is 17.9 Å². The number of hydrogen-bond acceptors (Lipinski definition) is 6. The zero-order chi connectivity index (χ0) is 14.9. The minimum absolute atomic E-state index is 0.128. The molecule has 0 amide bonds. The summed E-state index contributed by atoms with van der Waals surface area (Å²) in [5.74, 6) is -1.11. The van der Waals surface area contributed by atoms with E-state index in [1.807, 2.05) is 20.8 Å². The van der Waals surface area contributed by atoms with Crippen LogP contribution in [-0.2, 0) is 19.0 Å². The van der Waals surface area contributed by atoms with Gasteiger partial charge in [0.05, 0.1) is 17.9 Å². The van der Waals surface area contributed by atoms with Crippen LogP contribution in [-0.4, -0.2) is 58.4 Å². The molecule has 2 saturated carbocycles. The molecule has 2 bridgehead atoms. The molecule has 6 heteroatoms. The molecule has 3 aliphatic heterocycles. The van der Waals surface area contributed by atoms with E-state index in [2.05, 4.69) is 0 Å². The Kier molecular flexibility index (Phi) is 1.92. The molecule has 3 saturated heterocycles. The first-order valence-corrected chi connectivity index (χ1v) is 7.71. The van der Waals surface area contributed by atoms with Crippen molar-refractivity contribution in [1.29, 1.82) is 0 Å². The van der Waals surface area contributed by atoms with E-state index < -0.39 is 46.8 Å². The van der Waals surface area contributed by atoms with Crippen LogP contribution >= 0.6 is 0 Å². The molecular weight excluding hydrogens is 276 g/mol. The van der Waals surface area contributed by atoms with Crippen LogP contribution < -0.4 is 0 Å². The molecule has 1 spiro atoms. The lowest BCUT2D eigenvalue weighted by molar-refractivity contribution is -0.241. The van der Waals surface area contributed by atoms with Gasteiger partial charge < -0.3 is 24.4 Å². The molecule has 6 nitrogen and oxygen atoms in total. The van der Waals surface area contributed by atoms with Gasteiger partial charge in [0.2, 0.25) is 0 Å². The second-order valence-electron chi connectivity index (χ2n) is 7.83. The molecule has 2 N–H and O–H groups in total. The number of aliphatic hydroxyl groups excluding tert-OH is 1. The van der Waals surface area contributed by atoms with Gasteiger partial charge in [0.25, 0.3) is 0 Å². The van der Waals surface area contributed by atoms with E-state index in [4.69, 9.17) is 14.2 Å². The van der Waals surface area contributed by atoms with Crippen molar-refractivity contribution in [3.8, 4) is 0 Å². The standard InChI is InChI=1S/C15H20O6/c1-5(2)6-7-12(17)20-8(6)9(16)13(3)14(4-19-14)10-11(21-10)15(7,13)18/h5-11,16,18H,4H2,1-3H3/t6-,7-,8-,9-,10-,11+,13+,14-,15+/m1/s1. The highest BCUT2D eigenvalue weighted by Crippen LogP contribution is 2.76. The van der Waals surface area contributed by atoms with Crippen molar-refractivity contribution in [3.05, 3.63) is 0 Å². The Balaban J connectivity index is 1.74. The van der Waals surface area contributed by atoms with Gasteiger partial charge in [-0.05, 0) is 5.92 Å². The monoisotopic (exact) mass is 296 g/mol. The maximum atomic E-state index is 12.4. The minimum Gasteiger partial charge on any atom is -0.459 e. The second-order valence-corrected chi connectivity index (χ2v) is 7.83. The van der Waals surface area contributed by atoms with Gasteiger partial charge in [-0.1, -0.05) is 20.8 Å². The van der Waals surface area contributed by atoms with Crippen LogP contribution in [0.2, 0.25) is 0 Å². The van der Waals surface area contributed by atoms with E-state index in [1.54, 1.807) is 0 Å². The lowest BCUT2D eigenvalue weighted by atomic mass is 9.51. The van der Waals surface area contributed by atoms with Crippen molar-refractivity contribution in [2.24, 2.45) is 23.2 Å². The molecular formula is C15H20O6. The van der Waals surface area contributed by atoms with Crippen LogP contribution in [0.4, 0.5) is 0 Å². The Morgan fingerprint density at radius 2 is 2.00 bits per heavy atom. The smallest absolute Gasteiger partial charge is 0.312 e. The van der Waals surface area contributed by atoms with Crippen molar-refractivity contribution < 1.29 is 29.2 Å². The highest BCUT2D eigenvalue weighted by Gasteiger charge is 2.94. The van der Waals surface area contributed by atoms with Crippen LogP contribution in [0, 0.1) is 23.2 Å². The molecule has 0 aromatic heterocycles. The fourth-order valence-corrected chi connectivity index (χ4v) is 5.73. The Morgan fingerprint density at radius 3 is 2.57 bits per heavy atom. The van der Waals surface area contributed by atoms with Gasteiger partial charge in [-0.3, -0.25) is 4.79 Å². The van der Waals surface area contributed by atoms with Crippen LogP contribution in [0.1, 0.15) is 20.8 Å². The van der Waals surface area contributed by atoms with Crippen LogP contribution in [0.25, 0.3) is 0 Å². The molecule has 2 aliphatic carbocycles. The van der Waals surface area contributed by atoms with Crippen LogP contribution in [0.5, 0.6) is 0 Å². The number of esters is 1. The Morgan fingerprint density at radius 1 is 1.33 bits per heavy atom. The van der Waals surface area contributed by atoms with Crippen molar-refractivity contribution in [1.82, 2.24) is 0 Å². The number of carbonyl (C=O) groups is 1. The van der Waals surface area contributed by atoms with E-state index in [9.17, 15) is 15.0 Å². The van der Waals surface area contributed by atoms with Crippen molar-refractivity contribution >= 4 is 5.97 Å². The van der Waals surface area contributed by atoms with Crippen molar-refractivity contribution in [2.45, 2.75) is 56.4 Å².